The fourth-order valence-electron chi connectivity index (χ4n) is 6.84. The first-order valence-electron chi connectivity index (χ1n) is 17.8. The van der Waals surface area contributed by atoms with Crippen LogP contribution >= 0.6 is 0 Å². The minimum Gasteiger partial charge on any atom is -0.480 e. The van der Waals surface area contributed by atoms with Gasteiger partial charge < -0.3 is 24.9 Å². The van der Waals surface area contributed by atoms with Crippen LogP contribution in [-0.4, -0.2) is 50.1 Å². The van der Waals surface area contributed by atoms with Crippen LogP contribution in [0.4, 0.5) is 4.79 Å². The highest BCUT2D eigenvalue weighted by molar-refractivity contribution is 6.74. The second kappa shape index (κ2) is 15.2. The number of hydrogen-bond acceptors (Lipinski definition) is 5. The minimum atomic E-state index is -2.84. The van der Waals surface area contributed by atoms with Crippen molar-refractivity contribution < 1.29 is 28.7 Å². The van der Waals surface area contributed by atoms with Crippen molar-refractivity contribution in [2.24, 2.45) is 0 Å². The summed E-state index contributed by atoms with van der Waals surface area (Å²) in [5.74, 6) is -2.36. The maximum absolute atomic E-state index is 15.0. The third kappa shape index (κ3) is 7.54. The van der Waals surface area contributed by atoms with Crippen LogP contribution in [0.5, 0.6) is 0 Å². The summed E-state index contributed by atoms with van der Waals surface area (Å²) < 4.78 is 12.5. The second-order valence-electron chi connectivity index (χ2n) is 14.9. The topological polar surface area (TPSA) is 114 Å². The van der Waals surface area contributed by atoms with Crippen molar-refractivity contribution >= 4 is 26.3 Å². The van der Waals surface area contributed by atoms with E-state index in [-0.39, 0.29) is 12.5 Å². The highest BCUT2D eigenvalue weighted by Crippen LogP contribution is 2.45. The normalized spacial score (nSPS) is 14.0. The summed E-state index contributed by atoms with van der Waals surface area (Å²) in [7, 11) is -2.84. The largest absolute Gasteiger partial charge is 0.480 e. The van der Waals surface area contributed by atoms with E-state index in [1.165, 1.54) is 0 Å². The molecule has 0 unspecified atom stereocenters. The van der Waals surface area contributed by atoms with Crippen LogP contribution in [0, 0.1) is 0 Å². The SMILES string of the molecule is CC(C)(C)[Si](C)(C)O[C@H](C(=O)NC(c1ccccc1)(c1ccccc1)c1ccccc1)[C@H](NC(=O)OCC1c2ccccc2-c2ccccc21)C(=O)O. The fourth-order valence-corrected chi connectivity index (χ4v) is 8.07. The molecule has 0 fully saturated rings. The molecular weight excluding hydrogens is 681 g/mol. The molecule has 2 atom stereocenters. The zero-order valence-electron chi connectivity index (χ0n) is 30.7. The van der Waals surface area contributed by atoms with Gasteiger partial charge in [-0.3, -0.25) is 4.79 Å². The molecule has 0 saturated carbocycles. The Morgan fingerprint density at radius 3 is 1.51 bits per heavy atom. The molecular formula is C44H46N2O6Si. The lowest BCUT2D eigenvalue weighted by atomic mass is 9.76. The number of ether oxygens (including phenoxy) is 1. The summed E-state index contributed by atoms with van der Waals surface area (Å²) in [6.45, 7) is 9.88. The van der Waals surface area contributed by atoms with Gasteiger partial charge in [0, 0.05) is 5.92 Å². The van der Waals surface area contributed by atoms with E-state index in [0.717, 1.165) is 38.9 Å². The molecule has 0 aliphatic heterocycles. The van der Waals surface area contributed by atoms with Gasteiger partial charge in [0.1, 0.15) is 12.1 Å². The molecule has 5 aromatic rings. The predicted molar refractivity (Wildman–Crippen MR) is 209 cm³/mol. The van der Waals surface area contributed by atoms with Crippen LogP contribution in [-0.2, 0) is 24.3 Å². The molecule has 272 valence electrons. The number of rotatable bonds is 12. The quantitative estimate of drug-likeness (QED) is 0.0878. The molecule has 0 heterocycles. The predicted octanol–water partition coefficient (Wildman–Crippen LogP) is 8.48. The number of carbonyl (C=O) groups excluding carboxylic acids is 2. The summed E-state index contributed by atoms with van der Waals surface area (Å²) in [4.78, 5) is 41.8. The maximum atomic E-state index is 15.0. The summed E-state index contributed by atoms with van der Waals surface area (Å²) in [5.41, 5.74) is 5.21. The number of carbonyl (C=O) groups is 3. The Bertz CT molecular complexity index is 1920. The number of aliphatic carboxylic acids is 1. The smallest absolute Gasteiger partial charge is 0.407 e. The van der Waals surface area contributed by atoms with Crippen molar-refractivity contribution in [3.05, 3.63) is 167 Å². The van der Waals surface area contributed by atoms with Crippen LogP contribution < -0.4 is 10.6 Å². The van der Waals surface area contributed by atoms with Crippen LogP contribution in [0.3, 0.4) is 0 Å². The lowest BCUT2D eigenvalue weighted by molar-refractivity contribution is -0.147. The molecule has 0 bridgehead atoms. The molecule has 0 aromatic heterocycles. The van der Waals surface area contributed by atoms with E-state index in [2.05, 4.69) is 10.6 Å². The van der Waals surface area contributed by atoms with Crippen LogP contribution in [0.2, 0.25) is 18.1 Å². The van der Waals surface area contributed by atoms with Crippen molar-refractivity contribution in [2.45, 2.75) is 62.5 Å². The van der Waals surface area contributed by atoms with Gasteiger partial charge in [-0.05, 0) is 57.1 Å². The summed E-state index contributed by atoms with van der Waals surface area (Å²) in [5, 5.41) is 16.1. The van der Waals surface area contributed by atoms with Crippen molar-refractivity contribution in [3.63, 3.8) is 0 Å². The molecule has 3 N–H and O–H groups in total. The highest BCUT2D eigenvalue weighted by Gasteiger charge is 2.48. The second-order valence-corrected chi connectivity index (χ2v) is 19.7. The molecule has 0 saturated heterocycles. The molecule has 0 spiro atoms. The van der Waals surface area contributed by atoms with Crippen LogP contribution in [0.25, 0.3) is 11.1 Å². The van der Waals surface area contributed by atoms with E-state index in [1.54, 1.807) is 0 Å². The van der Waals surface area contributed by atoms with Crippen molar-refractivity contribution in [1.82, 2.24) is 10.6 Å². The Morgan fingerprint density at radius 1 is 0.679 bits per heavy atom. The average Bonchev–Trinajstić information content (AvgIpc) is 3.48. The third-order valence-corrected chi connectivity index (χ3v) is 15.1. The number of hydrogen-bond donors (Lipinski definition) is 3. The number of nitrogens with one attached hydrogen (secondary N) is 2. The average molecular weight is 727 g/mol. The fraction of sp³-hybridized carbons (Fsp3) is 0.250. The number of alkyl carbamates (subject to hydrolysis) is 1. The molecule has 5 aromatic carbocycles. The van der Waals surface area contributed by atoms with Gasteiger partial charge in [-0.15, -0.1) is 0 Å². The number of benzene rings is 5. The summed E-state index contributed by atoms with van der Waals surface area (Å²) in [6, 6.07) is 42.7. The van der Waals surface area contributed by atoms with Gasteiger partial charge in [-0.1, -0.05) is 160 Å². The minimum absolute atomic E-state index is 0.0225. The number of amides is 2. The van der Waals surface area contributed by atoms with Gasteiger partial charge >= 0.3 is 12.1 Å². The molecule has 53 heavy (non-hydrogen) atoms. The number of carboxylic acid groups (broad SMARTS) is 1. The Labute approximate surface area is 312 Å². The maximum Gasteiger partial charge on any atom is 0.407 e. The van der Waals surface area contributed by atoms with Gasteiger partial charge in [0.25, 0.3) is 5.91 Å². The van der Waals surface area contributed by atoms with Crippen LogP contribution in [0.15, 0.2) is 140 Å². The Kier molecular flexibility index (Phi) is 10.7. The van der Waals surface area contributed by atoms with Gasteiger partial charge in [-0.25, -0.2) is 9.59 Å². The molecule has 9 heteroatoms. The first-order valence-corrected chi connectivity index (χ1v) is 20.7. The summed E-state index contributed by atoms with van der Waals surface area (Å²) in [6.07, 6.45) is -2.58. The van der Waals surface area contributed by atoms with Crippen molar-refractivity contribution in [1.29, 1.82) is 0 Å². The van der Waals surface area contributed by atoms with Crippen molar-refractivity contribution in [3.8, 4) is 11.1 Å². The summed E-state index contributed by atoms with van der Waals surface area (Å²) >= 11 is 0. The highest BCUT2D eigenvalue weighted by atomic mass is 28.4. The first-order chi connectivity index (χ1) is 25.3. The zero-order chi connectivity index (χ0) is 37.8. The van der Waals surface area contributed by atoms with E-state index in [4.69, 9.17) is 9.16 Å². The molecule has 1 aliphatic rings. The lowest BCUT2D eigenvalue weighted by Gasteiger charge is -2.42. The van der Waals surface area contributed by atoms with E-state index in [1.807, 2.05) is 173 Å². The third-order valence-electron chi connectivity index (χ3n) is 10.6. The Balaban J connectivity index is 1.36. The van der Waals surface area contributed by atoms with Gasteiger partial charge in [0.2, 0.25) is 0 Å². The monoisotopic (exact) mass is 726 g/mol. The molecule has 2 amide bonds. The van der Waals surface area contributed by atoms with E-state index in [9.17, 15) is 19.5 Å². The van der Waals surface area contributed by atoms with E-state index >= 15 is 0 Å². The molecule has 1 aliphatic carbocycles. The van der Waals surface area contributed by atoms with E-state index < -0.39 is 49.0 Å². The van der Waals surface area contributed by atoms with Gasteiger partial charge in [0.05, 0.1) is 0 Å². The Morgan fingerprint density at radius 2 is 1.09 bits per heavy atom. The molecule has 8 nitrogen and oxygen atoms in total. The number of carboxylic acids is 1. The zero-order valence-corrected chi connectivity index (χ0v) is 31.7. The standard InChI is InChI=1S/C44H46N2O6Si/c1-43(2,3)53(4,5)52-39(38(41(48)49)45-42(50)51-29-37-35-27-17-15-25-33(35)34-26-16-18-28-36(34)37)40(47)46-44(30-19-9-6-10-20-30,31-21-11-7-12-22-31)32-23-13-8-14-24-32/h6-28,37-39H,29H2,1-5H3,(H,45,50)(H,46,47)(H,48,49)/t38-,39-/m0/s1. The van der Waals surface area contributed by atoms with Gasteiger partial charge in [0.15, 0.2) is 20.5 Å². The van der Waals surface area contributed by atoms with E-state index in [0.29, 0.717) is 0 Å². The first kappa shape index (κ1) is 37.3. The lowest BCUT2D eigenvalue weighted by Crippen LogP contribution is -2.62. The van der Waals surface area contributed by atoms with Crippen molar-refractivity contribution in [2.75, 3.05) is 6.61 Å². The number of fused-ring (bicyclic) bond motifs is 3. The van der Waals surface area contributed by atoms with Gasteiger partial charge in [-0.2, -0.15) is 0 Å². The van der Waals surface area contributed by atoms with Crippen LogP contribution in [0.1, 0.15) is 54.5 Å². The molecule has 6 rings (SSSR count). The Hall–Kier alpha value is -5.51. The molecule has 0 radical (unpaired) electrons.